The zero-order valence-corrected chi connectivity index (χ0v) is 16.7. The number of nitrogens with one attached hydrogen (secondary N) is 1. The minimum Gasteiger partial charge on any atom is -0.460 e. The molecule has 5 rings (SSSR count). The number of furan rings is 1. The van der Waals surface area contributed by atoms with E-state index in [4.69, 9.17) is 9.15 Å². The SMILES string of the molecule is CC(=O)c1c(C)oc2c1c1c(c3ccccc32)OC[NH+]([C@@H]2CCS(=O)(=O)C2)C1. The quantitative estimate of drug-likeness (QED) is 0.666. The number of carbonyl (C=O) groups is 1. The molecule has 0 radical (unpaired) electrons. The van der Waals surface area contributed by atoms with Gasteiger partial charge in [-0.15, -0.1) is 0 Å². The minimum atomic E-state index is -2.97. The van der Waals surface area contributed by atoms with Gasteiger partial charge < -0.3 is 9.15 Å². The molecule has 0 saturated carbocycles. The number of Topliss-reactive ketones (excluding diaryl/α,β-unsaturated/α-hetero) is 1. The lowest BCUT2D eigenvalue weighted by Gasteiger charge is -2.31. The number of quaternary nitrogens is 1. The predicted molar refractivity (Wildman–Crippen MR) is 106 cm³/mol. The first-order valence-corrected chi connectivity index (χ1v) is 11.3. The van der Waals surface area contributed by atoms with Crippen molar-refractivity contribution in [2.45, 2.75) is 32.9 Å². The van der Waals surface area contributed by atoms with Gasteiger partial charge in [-0.25, -0.2) is 8.42 Å². The van der Waals surface area contributed by atoms with Crippen LogP contribution in [0.2, 0.25) is 0 Å². The average molecular weight is 400 g/mol. The van der Waals surface area contributed by atoms with Gasteiger partial charge in [0.1, 0.15) is 35.4 Å². The van der Waals surface area contributed by atoms with E-state index in [-0.39, 0.29) is 23.3 Å². The Morgan fingerprint density at radius 3 is 2.64 bits per heavy atom. The lowest BCUT2D eigenvalue weighted by atomic mass is 9.95. The van der Waals surface area contributed by atoms with Gasteiger partial charge >= 0.3 is 0 Å². The summed E-state index contributed by atoms with van der Waals surface area (Å²) in [6.07, 6.45) is 0.650. The molecule has 0 amide bonds. The van der Waals surface area contributed by atoms with Crippen LogP contribution in [0, 0.1) is 6.92 Å². The minimum absolute atomic E-state index is 0.0217. The maximum Gasteiger partial charge on any atom is 0.222 e. The molecule has 1 aromatic heterocycles. The molecular weight excluding hydrogens is 378 g/mol. The van der Waals surface area contributed by atoms with E-state index in [1.54, 1.807) is 6.92 Å². The van der Waals surface area contributed by atoms with E-state index in [1.165, 1.54) is 0 Å². The number of hydrogen-bond donors (Lipinski definition) is 1. The van der Waals surface area contributed by atoms with Gasteiger partial charge in [0.05, 0.1) is 16.9 Å². The number of benzene rings is 2. The Bertz CT molecular complexity index is 1240. The molecule has 1 unspecified atom stereocenters. The maximum atomic E-state index is 12.4. The van der Waals surface area contributed by atoms with Gasteiger partial charge in [-0.1, -0.05) is 24.3 Å². The molecule has 3 aromatic rings. The number of ether oxygens (including phenoxy) is 1. The van der Waals surface area contributed by atoms with Gasteiger partial charge in [-0.05, 0) is 13.8 Å². The van der Waals surface area contributed by atoms with Crippen LogP contribution < -0.4 is 9.64 Å². The number of aryl methyl sites for hydroxylation is 1. The van der Waals surface area contributed by atoms with Crippen molar-refractivity contribution in [1.29, 1.82) is 0 Å². The van der Waals surface area contributed by atoms with Crippen molar-refractivity contribution in [1.82, 2.24) is 0 Å². The van der Waals surface area contributed by atoms with Crippen LogP contribution in [0.1, 0.15) is 35.0 Å². The first kappa shape index (κ1) is 17.7. The molecule has 2 aliphatic heterocycles. The molecule has 2 atom stereocenters. The molecule has 3 heterocycles. The summed E-state index contributed by atoms with van der Waals surface area (Å²) in [6.45, 7) is 4.41. The first-order chi connectivity index (χ1) is 13.4. The van der Waals surface area contributed by atoms with Crippen molar-refractivity contribution >= 4 is 37.4 Å². The number of carbonyl (C=O) groups excluding carboxylic acids is 1. The van der Waals surface area contributed by atoms with E-state index in [1.807, 2.05) is 31.2 Å². The molecule has 2 aliphatic rings. The van der Waals surface area contributed by atoms with Gasteiger partial charge in [0.2, 0.25) is 6.73 Å². The number of rotatable bonds is 2. The third kappa shape index (κ3) is 2.57. The molecule has 0 spiro atoms. The van der Waals surface area contributed by atoms with E-state index in [0.717, 1.165) is 32.4 Å². The summed E-state index contributed by atoms with van der Waals surface area (Å²) in [5.41, 5.74) is 2.25. The summed E-state index contributed by atoms with van der Waals surface area (Å²) in [5, 5.41) is 2.71. The normalized spacial score (nSPS) is 23.6. The fourth-order valence-corrected chi connectivity index (χ4v) is 6.58. The molecule has 2 aromatic carbocycles. The van der Waals surface area contributed by atoms with Crippen LogP contribution in [0.15, 0.2) is 28.7 Å². The van der Waals surface area contributed by atoms with E-state index in [2.05, 4.69) is 0 Å². The van der Waals surface area contributed by atoms with Gasteiger partial charge in [0.25, 0.3) is 0 Å². The average Bonchev–Trinajstić information content (AvgIpc) is 3.21. The molecule has 7 heteroatoms. The highest BCUT2D eigenvalue weighted by molar-refractivity contribution is 7.91. The highest BCUT2D eigenvalue weighted by atomic mass is 32.2. The topological polar surface area (TPSA) is 78.0 Å². The second-order valence-electron chi connectivity index (χ2n) is 7.87. The van der Waals surface area contributed by atoms with Crippen LogP contribution in [-0.2, 0) is 16.4 Å². The van der Waals surface area contributed by atoms with Crippen molar-refractivity contribution in [2.75, 3.05) is 18.2 Å². The summed E-state index contributed by atoms with van der Waals surface area (Å²) < 4.78 is 36.1. The molecule has 1 saturated heterocycles. The fourth-order valence-electron chi connectivity index (χ4n) is 4.76. The summed E-state index contributed by atoms with van der Waals surface area (Å²) in [4.78, 5) is 13.5. The molecule has 1 fully saturated rings. The summed E-state index contributed by atoms with van der Waals surface area (Å²) in [5.74, 6) is 1.80. The van der Waals surface area contributed by atoms with Gasteiger partial charge in [-0.2, -0.15) is 0 Å². The third-order valence-corrected chi connectivity index (χ3v) is 7.81. The highest BCUT2D eigenvalue weighted by Crippen LogP contribution is 2.42. The Hall–Kier alpha value is -2.38. The Labute approximate surface area is 163 Å². The summed E-state index contributed by atoms with van der Waals surface area (Å²) in [6, 6.07) is 7.92. The molecule has 28 heavy (non-hydrogen) atoms. The number of hydrogen-bond acceptors (Lipinski definition) is 5. The first-order valence-electron chi connectivity index (χ1n) is 9.51. The molecule has 6 nitrogen and oxygen atoms in total. The zero-order valence-electron chi connectivity index (χ0n) is 15.9. The second kappa shape index (κ2) is 6.06. The van der Waals surface area contributed by atoms with E-state index in [0.29, 0.717) is 36.6 Å². The van der Waals surface area contributed by atoms with Gasteiger partial charge in [0, 0.05) is 22.6 Å². The fraction of sp³-hybridized carbons (Fsp3) is 0.381. The van der Waals surface area contributed by atoms with Crippen molar-refractivity contribution in [3.63, 3.8) is 0 Å². The Morgan fingerprint density at radius 1 is 1.21 bits per heavy atom. The van der Waals surface area contributed by atoms with Crippen molar-refractivity contribution in [2.24, 2.45) is 0 Å². The lowest BCUT2D eigenvalue weighted by molar-refractivity contribution is -0.953. The smallest absolute Gasteiger partial charge is 0.222 e. The van der Waals surface area contributed by atoms with Gasteiger partial charge in [-0.3, -0.25) is 9.69 Å². The Morgan fingerprint density at radius 2 is 1.96 bits per heavy atom. The molecule has 146 valence electrons. The molecule has 0 aliphatic carbocycles. The van der Waals surface area contributed by atoms with Crippen LogP contribution in [0.3, 0.4) is 0 Å². The van der Waals surface area contributed by atoms with Crippen LogP contribution in [0.4, 0.5) is 0 Å². The van der Waals surface area contributed by atoms with Crippen LogP contribution >= 0.6 is 0 Å². The van der Waals surface area contributed by atoms with Crippen molar-refractivity contribution in [3.8, 4) is 5.75 Å². The van der Waals surface area contributed by atoms with Crippen LogP contribution in [-0.4, -0.2) is 38.5 Å². The van der Waals surface area contributed by atoms with E-state index >= 15 is 0 Å². The summed E-state index contributed by atoms with van der Waals surface area (Å²) in [7, 11) is -2.97. The van der Waals surface area contributed by atoms with Crippen LogP contribution in [0.5, 0.6) is 5.75 Å². The second-order valence-corrected chi connectivity index (χ2v) is 10.1. The third-order valence-electron chi connectivity index (χ3n) is 6.04. The van der Waals surface area contributed by atoms with Crippen LogP contribution in [0.25, 0.3) is 21.7 Å². The maximum absolute atomic E-state index is 12.4. The Balaban J connectivity index is 1.74. The predicted octanol–water partition coefficient (Wildman–Crippen LogP) is 2.02. The number of sulfone groups is 1. The number of fused-ring (bicyclic) bond motifs is 6. The number of ketones is 1. The standard InChI is InChI=1S/C21H21NO5S/c1-12(23)18-13(2)27-21-16-6-4-3-5-15(16)20-17(19(18)21)9-22(11-26-20)14-7-8-28(24,25)10-14/h3-6,14H,7-11H2,1-2H3/p+1/t14-/m1/s1. The summed E-state index contributed by atoms with van der Waals surface area (Å²) >= 11 is 0. The largest absolute Gasteiger partial charge is 0.460 e. The highest BCUT2D eigenvalue weighted by Gasteiger charge is 2.39. The molecule has 1 N–H and O–H groups in total. The lowest BCUT2D eigenvalue weighted by Crippen LogP contribution is -3.16. The molecule has 0 bridgehead atoms. The van der Waals surface area contributed by atoms with E-state index < -0.39 is 9.84 Å². The van der Waals surface area contributed by atoms with Crippen molar-refractivity contribution < 1.29 is 27.3 Å². The Kier molecular flexibility index (Phi) is 3.83. The zero-order chi connectivity index (χ0) is 19.6. The van der Waals surface area contributed by atoms with Gasteiger partial charge in [0.15, 0.2) is 15.6 Å². The molecular formula is C21H22NO5S+. The van der Waals surface area contributed by atoms with E-state index in [9.17, 15) is 13.2 Å². The monoisotopic (exact) mass is 400 g/mol. The van der Waals surface area contributed by atoms with Crippen molar-refractivity contribution in [3.05, 3.63) is 41.2 Å².